The van der Waals surface area contributed by atoms with Crippen molar-refractivity contribution >= 4 is 27.3 Å². The normalized spacial score (nSPS) is 22.0. The lowest BCUT2D eigenvalue weighted by Gasteiger charge is -2.43. The van der Waals surface area contributed by atoms with Crippen molar-refractivity contribution in [1.29, 1.82) is 0 Å². The van der Waals surface area contributed by atoms with E-state index in [1.165, 1.54) is 60.6 Å². The standard InChI is InChI=1S/C25H28N4/c1-2-7-21-18(6-1)16-19-17-29-23(9-5-10-24(29)25(19)27-21)22-8-3-4-15-28(22)20-11-13-26-14-12-20/h1-2,5-7,9-10,16-17,20,22,26H,3-4,8,11-15H2. The van der Waals surface area contributed by atoms with Crippen molar-refractivity contribution < 1.29 is 0 Å². The number of fused-ring (bicyclic) bond motifs is 4. The Morgan fingerprint density at radius 3 is 2.72 bits per heavy atom. The smallest absolute Gasteiger partial charge is 0.0964 e. The van der Waals surface area contributed by atoms with Crippen molar-refractivity contribution in [3.05, 3.63) is 60.4 Å². The van der Waals surface area contributed by atoms with Crippen molar-refractivity contribution in [3.63, 3.8) is 0 Å². The summed E-state index contributed by atoms with van der Waals surface area (Å²) in [5, 5.41) is 5.98. The van der Waals surface area contributed by atoms with Gasteiger partial charge in [0.1, 0.15) is 0 Å². The molecule has 0 bridgehead atoms. The minimum absolute atomic E-state index is 0.506. The molecule has 0 saturated carbocycles. The van der Waals surface area contributed by atoms with Gasteiger partial charge in [0, 0.05) is 28.7 Å². The van der Waals surface area contributed by atoms with Gasteiger partial charge in [-0.1, -0.05) is 30.7 Å². The van der Waals surface area contributed by atoms with Gasteiger partial charge in [-0.25, -0.2) is 4.98 Å². The molecule has 0 spiro atoms. The number of pyridine rings is 2. The van der Waals surface area contributed by atoms with Crippen LogP contribution in [0.1, 0.15) is 43.8 Å². The number of nitrogens with zero attached hydrogens (tertiary/aromatic N) is 3. The minimum atomic E-state index is 0.506. The monoisotopic (exact) mass is 384 g/mol. The summed E-state index contributed by atoms with van der Waals surface area (Å²) < 4.78 is 2.43. The average Bonchev–Trinajstić information content (AvgIpc) is 3.15. The Balaban J connectivity index is 1.50. The molecule has 2 fully saturated rings. The number of para-hydroxylation sites is 1. The number of likely N-dealkylation sites (tertiary alicyclic amines) is 1. The molecule has 3 aromatic heterocycles. The van der Waals surface area contributed by atoms with E-state index in [2.05, 4.69) is 69.3 Å². The van der Waals surface area contributed by atoms with Crippen molar-refractivity contribution in [2.24, 2.45) is 0 Å². The maximum Gasteiger partial charge on any atom is 0.0964 e. The van der Waals surface area contributed by atoms with Crippen molar-refractivity contribution in [2.75, 3.05) is 19.6 Å². The number of hydrogen-bond acceptors (Lipinski definition) is 3. The molecule has 2 saturated heterocycles. The van der Waals surface area contributed by atoms with Gasteiger partial charge in [0.05, 0.1) is 22.6 Å². The van der Waals surface area contributed by atoms with Crippen LogP contribution in [0, 0.1) is 0 Å². The van der Waals surface area contributed by atoms with Crippen LogP contribution < -0.4 is 5.32 Å². The van der Waals surface area contributed by atoms with Crippen LogP contribution in [-0.4, -0.2) is 40.0 Å². The molecular formula is C25H28N4. The molecule has 1 aromatic carbocycles. The first-order chi connectivity index (χ1) is 14.4. The molecule has 148 valence electrons. The maximum atomic E-state index is 5.02. The Bertz CT molecular complexity index is 1170. The van der Waals surface area contributed by atoms with Gasteiger partial charge in [-0.3, -0.25) is 4.90 Å². The number of benzene rings is 1. The fourth-order valence-electron chi connectivity index (χ4n) is 5.57. The molecular weight excluding hydrogens is 356 g/mol. The molecule has 4 nitrogen and oxygen atoms in total. The molecule has 6 rings (SSSR count). The van der Waals surface area contributed by atoms with Crippen LogP contribution in [0.4, 0.5) is 0 Å². The van der Waals surface area contributed by atoms with Crippen LogP contribution >= 0.6 is 0 Å². The first kappa shape index (κ1) is 17.4. The first-order valence-electron chi connectivity index (χ1n) is 11.1. The summed E-state index contributed by atoms with van der Waals surface area (Å²) in [6.45, 7) is 3.54. The van der Waals surface area contributed by atoms with Gasteiger partial charge >= 0.3 is 0 Å². The second-order valence-electron chi connectivity index (χ2n) is 8.68. The summed E-state index contributed by atoms with van der Waals surface area (Å²) in [7, 11) is 0. The quantitative estimate of drug-likeness (QED) is 0.532. The summed E-state index contributed by atoms with van der Waals surface area (Å²) in [4.78, 5) is 7.83. The van der Waals surface area contributed by atoms with E-state index >= 15 is 0 Å². The molecule has 5 heterocycles. The Morgan fingerprint density at radius 1 is 0.897 bits per heavy atom. The molecule has 1 N–H and O–H groups in total. The summed E-state index contributed by atoms with van der Waals surface area (Å²) >= 11 is 0. The van der Waals surface area contributed by atoms with Gasteiger partial charge < -0.3 is 9.72 Å². The molecule has 4 aromatic rings. The van der Waals surface area contributed by atoms with Crippen molar-refractivity contribution in [3.8, 4) is 0 Å². The Labute approximate surface area is 171 Å². The van der Waals surface area contributed by atoms with Crippen LogP contribution in [0.5, 0.6) is 0 Å². The lowest BCUT2D eigenvalue weighted by Crippen LogP contribution is -2.47. The predicted octanol–water partition coefficient (Wildman–Crippen LogP) is 4.92. The number of hydrogen-bond donors (Lipinski definition) is 1. The lowest BCUT2D eigenvalue weighted by molar-refractivity contribution is 0.0732. The van der Waals surface area contributed by atoms with Crippen LogP contribution in [0.15, 0.2) is 54.7 Å². The maximum absolute atomic E-state index is 5.02. The molecule has 4 heteroatoms. The highest BCUT2D eigenvalue weighted by atomic mass is 15.2. The predicted molar refractivity (Wildman–Crippen MR) is 119 cm³/mol. The van der Waals surface area contributed by atoms with Gasteiger partial charge in [-0.05, 0) is 69.6 Å². The molecule has 0 radical (unpaired) electrons. The van der Waals surface area contributed by atoms with Crippen molar-refractivity contribution in [2.45, 2.75) is 44.2 Å². The summed E-state index contributed by atoms with van der Waals surface area (Å²) in [6.07, 6.45) is 8.77. The van der Waals surface area contributed by atoms with E-state index in [0.717, 1.165) is 24.1 Å². The van der Waals surface area contributed by atoms with E-state index in [-0.39, 0.29) is 0 Å². The van der Waals surface area contributed by atoms with E-state index in [0.29, 0.717) is 12.1 Å². The zero-order valence-electron chi connectivity index (χ0n) is 16.8. The molecule has 0 amide bonds. The minimum Gasteiger partial charge on any atom is -0.317 e. The number of piperidine rings is 2. The number of rotatable bonds is 2. The topological polar surface area (TPSA) is 32.6 Å². The fourth-order valence-corrected chi connectivity index (χ4v) is 5.57. The summed E-state index contributed by atoms with van der Waals surface area (Å²) in [6, 6.07) is 18.7. The molecule has 2 aliphatic rings. The van der Waals surface area contributed by atoms with Crippen molar-refractivity contribution in [1.82, 2.24) is 19.6 Å². The Hall–Kier alpha value is -2.43. The van der Waals surface area contributed by atoms with Gasteiger partial charge in [-0.2, -0.15) is 0 Å². The number of aromatic nitrogens is 2. The first-order valence-corrected chi connectivity index (χ1v) is 11.1. The zero-order chi connectivity index (χ0) is 19.2. The molecule has 0 aliphatic carbocycles. The zero-order valence-corrected chi connectivity index (χ0v) is 16.8. The third-order valence-electron chi connectivity index (χ3n) is 6.99. The van der Waals surface area contributed by atoms with E-state index in [1.807, 2.05) is 0 Å². The molecule has 29 heavy (non-hydrogen) atoms. The fraction of sp³-hybridized carbons (Fsp3) is 0.400. The third-order valence-corrected chi connectivity index (χ3v) is 6.99. The number of nitrogens with one attached hydrogen (secondary N) is 1. The van der Waals surface area contributed by atoms with Gasteiger partial charge in [0.25, 0.3) is 0 Å². The second kappa shape index (κ2) is 7.12. The molecule has 1 atom stereocenters. The van der Waals surface area contributed by atoms with E-state index in [1.54, 1.807) is 0 Å². The Morgan fingerprint density at radius 2 is 1.79 bits per heavy atom. The molecule has 2 aliphatic heterocycles. The van der Waals surface area contributed by atoms with Gasteiger partial charge in [0.15, 0.2) is 0 Å². The largest absolute Gasteiger partial charge is 0.317 e. The highest BCUT2D eigenvalue weighted by molar-refractivity contribution is 6.00. The highest BCUT2D eigenvalue weighted by Gasteiger charge is 2.32. The van der Waals surface area contributed by atoms with E-state index < -0.39 is 0 Å². The van der Waals surface area contributed by atoms with E-state index in [9.17, 15) is 0 Å². The molecule has 1 unspecified atom stereocenters. The Kier molecular flexibility index (Phi) is 4.28. The van der Waals surface area contributed by atoms with Crippen LogP contribution in [0.3, 0.4) is 0 Å². The van der Waals surface area contributed by atoms with Crippen LogP contribution in [0.2, 0.25) is 0 Å². The highest BCUT2D eigenvalue weighted by Crippen LogP contribution is 2.36. The average molecular weight is 385 g/mol. The van der Waals surface area contributed by atoms with Gasteiger partial charge in [-0.15, -0.1) is 0 Å². The van der Waals surface area contributed by atoms with E-state index in [4.69, 9.17) is 4.98 Å². The lowest BCUT2D eigenvalue weighted by atomic mass is 9.93. The third kappa shape index (κ3) is 2.93. The van der Waals surface area contributed by atoms with Gasteiger partial charge in [0.2, 0.25) is 0 Å². The summed E-state index contributed by atoms with van der Waals surface area (Å²) in [5.41, 5.74) is 4.86. The SMILES string of the molecule is c1ccc2nc3c(cc2c1)cn1c(C2CCCCN2C2CCNCC2)cccc31. The second-order valence-corrected chi connectivity index (χ2v) is 8.68. The van der Waals surface area contributed by atoms with Crippen LogP contribution in [0.25, 0.3) is 27.3 Å². The summed E-state index contributed by atoms with van der Waals surface area (Å²) in [5.74, 6) is 0. The van der Waals surface area contributed by atoms with Crippen LogP contribution in [-0.2, 0) is 0 Å².